The van der Waals surface area contributed by atoms with Crippen LogP contribution in [0.4, 0.5) is 5.69 Å². The quantitative estimate of drug-likeness (QED) is 0.236. The van der Waals surface area contributed by atoms with Crippen LogP contribution in [0.3, 0.4) is 0 Å². The highest BCUT2D eigenvalue weighted by molar-refractivity contribution is 7.99. The first kappa shape index (κ1) is 23.5. The van der Waals surface area contributed by atoms with Gasteiger partial charge in [0.1, 0.15) is 5.01 Å². The summed E-state index contributed by atoms with van der Waals surface area (Å²) in [5, 5.41) is 13.9. The smallest absolute Gasteiger partial charge is 0.234 e. The zero-order chi connectivity index (χ0) is 24.4. The fourth-order valence-corrected chi connectivity index (χ4v) is 5.67. The molecule has 0 bridgehead atoms. The van der Waals surface area contributed by atoms with Gasteiger partial charge in [0, 0.05) is 28.4 Å². The number of nitrogens with one attached hydrogen (secondary N) is 1. The van der Waals surface area contributed by atoms with E-state index in [1.165, 1.54) is 22.0 Å². The molecular weight excluding hydrogens is 498 g/mol. The topological polar surface area (TPSA) is 72.7 Å². The highest BCUT2D eigenvalue weighted by Crippen LogP contribution is 2.31. The third-order valence-corrected chi connectivity index (χ3v) is 7.71. The number of hydrogen-bond donors (Lipinski definition) is 1. The normalized spacial score (nSPS) is 11.2. The van der Waals surface area contributed by atoms with Gasteiger partial charge in [-0.3, -0.25) is 4.79 Å². The predicted molar refractivity (Wildman–Crippen MR) is 145 cm³/mol. The maximum Gasteiger partial charge on any atom is 0.234 e. The molecule has 0 atom stereocenters. The molecule has 0 spiro atoms. The Morgan fingerprint density at radius 1 is 1.03 bits per heavy atom. The van der Waals surface area contributed by atoms with Crippen molar-refractivity contribution >= 4 is 56.5 Å². The van der Waals surface area contributed by atoms with Crippen LogP contribution in [-0.4, -0.2) is 31.4 Å². The summed E-state index contributed by atoms with van der Waals surface area (Å²) in [6.45, 7) is 4.81. The van der Waals surface area contributed by atoms with Gasteiger partial charge >= 0.3 is 0 Å². The van der Waals surface area contributed by atoms with Gasteiger partial charge in [-0.1, -0.05) is 29.4 Å². The number of halogens is 1. The van der Waals surface area contributed by atoms with E-state index in [4.69, 9.17) is 16.6 Å². The molecule has 2 heterocycles. The zero-order valence-electron chi connectivity index (χ0n) is 19.2. The predicted octanol–water partition coefficient (Wildman–Crippen LogP) is 6.93. The number of anilines is 1. The Labute approximate surface area is 216 Å². The van der Waals surface area contributed by atoms with Gasteiger partial charge in [0.25, 0.3) is 0 Å². The van der Waals surface area contributed by atoms with Crippen molar-refractivity contribution in [2.75, 3.05) is 11.1 Å². The van der Waals surface area contributed by atoms with E-state index in [9.17, 15) is 4.79 Å². The van der Waals surface area contributed by atoms with E-state index in [-0.39, 0.29) is 11.7 Å². The Morgan fingerprint density at radius 2 is 1.77 bits per heavy atom. The van der Waals surface area contributed by atoms with Crippen molar-refractivity contribution in [1.82, 2.24) is 19.7 Å². The monoisotopic (exact) mass is 519 g/mol. The van der Waals surface area contributed by atoms with Gasteiger partial charge in [0.05, 0.1) is 16.0 Å². The van der Waals surface area contributed by atoms with Crippen LogP contribution in [-0.2, 0) is 11.3 Å². The summed E-state index contributed by atoms with van der Waals surface area (Å²) in [5.74, 6) is 0.891. The van der Waals surface area contributed by atoms with E-state index in [1.807, 2.05) is 60.0 Å². The molecule has 6 nitrogen and oxygen atoms in total. The lowest BCUT2D eigenvalue weighted by atomic mass is 10.2. The molecule has 0 fully saturated rings. The van der Waals surface area contributed by atoms with Crippen LogP contribution >= 0.6 is 34.7 Å². The SMILES string of the molecule is CCn1c(SCC(=O)Nc2ccc(-c3nc4ccc(C)cc4s3)cc2)nnc1-c1ccc(Cl)cc1. The first-order chi connectivity index (χ1) is 17.0. The summed E-state index contributed by atoms with van der Waals surface area (Å²) in [7, 11) is 0. The molecule has 0 aliphatic heterocycles. The molecule has 0 saturated heterocycles. The Kier molecular flexibility index (Phi) is 6.86. The molecule has 0 aliphatic carbocycles. The summed E-state index contributed by atoms with van der Waals surface area (Å²) in [6, 6.07) is 21.5. The Balaban J connectivity index is 1.22. The number of rotatable bonds is 7. The van der Waals surface area contributed by atoms with E-state index < -0.39 is 0 Å². The fraction of sp³-hybridized carbons (Fsp3) is 0.154. The van der Waals surface area contributed by atoms with Crippen LogP contribution in [0.15, 0.2) is 71.9 Å². The van der Waals surface area contributed by atoms with Gasteiger partial charge in [0.15, 0.2) is 11.0 Å². The van der Waals surface area contributed by atoms with Gasteiger partial charge in [-0.25, -0.2) is 4.98 Å². The van der Waals surface area contributed by atoms with Crippen molar-refractivity contribution in [3.8, 4) is 22.0 Å². The highest BCUT2D eigenvalue weighted by Gasteiger charge is 2.15. The molecule has 5 rings (SSSR count). The fourth-order valence-electron chi connectivity index (χ4n) is 3.67. The lowest BCUT2D eigenvalue weighted by Crippen LogP contribution is -2.14. The lowest BCUT2D eigenvalue weighted by Gasteiger charge is -2.08. The molecule has 1 amide bonds. The summed E-state index contributed by atoms with van der Waals surface area (Å²) in [5.41, 5.74) is 4.94. The van der Waals surface area contributed by atoms with Crippen LogP contribution < -0.4 is 5.32 Å². The third-order valence-electron chi connectivity index (χ3n) is 5.43. The molecule has 0 radical (unpaired) electrons. The van der Waals surface area contributed by atoms with Gasteiger partial charge < -0.3 is 9.88 Å². The van der Waals surface area contributed by atoms with Crippen LogP contribution in [0.25, 0.3) is 32.2 Å². The molecule has 35 heavy (non-hydrogen) atoms. The number of amides is 1. The number of carbonyl (C=O) groups excluding carboxylic acids is 1. The van der Waals surface area contributed by atoms with E-state index >= 15 is 0 Å². The number of hydrogen-bond acceptors (Lipinski definition) is 6. The Hall–Kier alpha value is -3.20. The van der Waals surface area contributed by atoms with Crippen molar-refractivity contribution in [2.24, 2.45) is 0 Å². The lowest BCUT2D eigenvalue weighted by molar-refractivity contribution is -0.113. The molecule has 0 unspecified atom stereocenters. The first-order valence-electron chi connectivity index (χ1n) is 11.1. The minimum Gasteiger partial charge on any atom is -0.325 e. The van der Waals surface area contributed by atoms with Gasteiger partial charge in [-0.05, 0) is 80.1 Å². The number of nitrogens with zero attached hydrogens (tertiary/aromatic N) is 4. The van der Waals surface area contributed by atoms with Gasteiger partial charge in [-0.15, -0.1) is 21.5 Å². The number of thiazole rings is 1. The molecular formula is C26H22ClN5OS2. The summed E-state index contributed by atoms with van der Waals surface area (Å²) >= 11 is 9.03. The van der Waals surface area contributed by atoms with Crippen molar-refractivity contribution in [1.29, 1.82) is 0 Å². The molecule has 0 aliphatic rings. The summed E-state index contributed by atoms with van der Waals surface area (Å²) in [6.07, 6.45) is 0. The summed E-state index contributed by atoms with van der Waals surface area (Å²) < 4.78 is 3.17. The molecule has 176 valence electrons. The first-order valence-corrected chi connectivity index (χ1v) is 13.3. The molecule has 5 aromatic rings. The van der Waals surface area contributed by atoms with E-state index in [0.717, 1.165) is 33.2 Å². The number of fused-ring (bicyclic) bond motifs is 1. The minimum absolute atomic E-state index is 0.100. The average molecular weight is 520 g/mol. The van der Waals surface area contributed by atoms with E-state index in [0.29, 0.717) is 16.7 Å². The second-order valence-corrected chi connectivity index (χ2v) is 10.4. The Morgan fingerprint density at radius 3 is 2.51 bits per heavy atom. The largest absolute Gasteiger partial charge is 0.325 e. The number of thioether (sulfide) groups is 1. The zero-order valence-corrected chi connectivity index (χ0v) is 21.5. The molecule has 1 N–H and O–H groups in total. The van der Waals surface area contributed by atoms with E-state index in [2.05, 4.69) is 40.6 Å². The number of aryl methyl sites for hydroxylation is 1. The molecule has 9 heteroatoms. The maximum atomic E-state index is 12.6. The minimum atomic E-state index is -0.100. The number of carbonyl (C=O) groups is 1. The second kappa shape index (κ2) is 10.2. The molecule has 0 saturated carbocycles. The Bertz CT molecular complexity index is 1490. The van der Waals surface area contributed by atoms with Crippen LogP contribution in [0, 0.1) is 6.92 Å². The van der Waals surface area contributed by atoms with Crippen molar-refractivity contribution in [2.45, 2.75) is 25.5 Å². The number of benzene rings is 3. The summed E-state index contributed by atoms with van der Waals surface area (Å²) in [4.78, 5) is 17.3. The van der Waals surface area contributed by atoms with Crippen molar-refractivity contribution in [3.63, 3.8) is 0 Å². The van der Waals surface area contributed by atoms with E-state index in [1.54, 1.807) is 11.3 Å². The van der Waals surface area contributed by atoms with Crippen molar-refractivity contribution < 1.29 is 4.79 Å². The third kappa shape index (κ3) is 5.24. The molecule has 2 aromatic heterocycles. The van der Waals surface area contributed by atoms with Gasteiger partial charge in [-0.2, -0.15) is 0 Å². The number of aromatic nitrogens is 4. The van der Waals surface area contributed by atoms with Crippen LogP contribution in [0.1, 0.15) is 12.5 Å². The average Bonchev–Trinajstić information content (AvgIpc) is 3.47. The van der Waals surface area contributed by atoms with Gasteiger partial charge in [0.2, 0.25) is 5.91 Å². The maximum absolute atomic E-state index is 12.6. The van der Waals surface area contributed by atoms with Crippen molar-refractivity contribution in [3.05, 3.63) is 77.3 Å². The van der Waals surface area contributed by atoms with Crippen LogP contribution in [0.2, 0.25) is 5.02 Å². The molecule has 3 aromatic carbocycles. The second-order valence-electron chi connectivity index (χ2n) is 7.96. The van der Waals surface area contributed by atoms with Crippen LogP contribution in [0.5, 0.6) is 0 Å². The standard InChI is InChI=1S/C26H22ClN5OS2/c1-3-32-24(17-5-9-19(27)10-6-17)30-31-26(32)34-15-23(33)28-20-11-7-18(8-12-20)25-29-21-13-4-16(2)14-22(21)35-25/h4-14H,3,15H2,1-2H3,(H,28,33). The highest BCUT2D eigenvalue weighted by atomic mass is 35.5.